The van der Waals surface area contributed by atoms with Crippen molar-refractivity contribution in [3.63, 3.8) is 0 Å². The maximum absolute atomic E-state index is 12.5. The summed E-state index contributed by atoms with van der Waals surface area (Å²) in [6, 6.07) is 6.35. The van der Waals surface area contributed by atoms with Crippen molar-refractivity contribution >= 4 is 23.6 Å². The minimum absolute atomic E-state index is 0.156. The summed E-state index contributed by atoms with van der Waals surface area (Å²) in [6.07, 6.45) is 1.05. The van der Waals surface area contributed by atoms with Gasteiger partial charge in [-0.2, -0.15) is 0 Å². The maximum atomic E-state index is 12.5. The van der Waals surface area contributed by atoms with E-state index in [2.05, 4.69) is 5.32 Å². The van der Waals surface area contributed by atoms with Crippen molar-refractivity contribution in [1.82, 2.24) is 4.90 Å². The molecule has 0 radical (unpaired) electrons. The van der Waals surface area contributed by atoms with Gasteiger partial charge in [-0.05, 0) is 51.3 Å². The molecule has 7 nitrogen and oxygen atoms in total. The van der Waals surface area contributed by atoms with E-state index in [4.69, 9.17) is 10.5 Å². The Balaban J connectivity index is 1.99. The zero-order chi connectivity index (χ0) is 18.6. The molecule has 25 heavy (non-hydrogen) atoms. The Bertz CT molecular complexity index is 649. The number of hydrogen-bond donors (Lipinski definition) is 2. The van der Waals surface area contributed by atoms with E-state index in [0.717, 1.165) is 12.0 Å². The minimum Gasteiger partial charge on any atom is -0.444 e. The van der Waals surface area contributed by atoms with Crippen molar-refractivity contribution in [2.75, 3.05) is 11.9 Å². The van der Waals surface area contributed by atoms with E-state index in [1.807, 2.05) is 0 Å². The van der Waals surface area contributed by atoms with E-state index >= 15 is 0 Å². The second kappa shape index (κ2) is 7.55. The lowest BCUT2D eigenvalue weighted by atomic mass is 10.1. The van der Waals surface area contributed by atoms with Crippen LogP contribution in [0.1, 0.15) is 39.2 Å². The summed E-state index contributed by atoms with van der Waals surface area (Å²) in [5, 5.41) is 2.81. The van der Waals surface area contributed by atoms with Crippen molar-refractivity contribution < 1.29 is 19.1 Å². The van der Waals surface area contributed by atoms with Crippen molar-refractivity contribution in [3.05, 3.63) is 29.8 Å². The average Bonchev–Trinajstić information content (AvgIpc) is 2.96. The highest BCUT2D eigenvalue weighted by Gasteiger charge is 2.36. The standard InChI is InChI=1S/C18H25N3O4/c1-18(2,3)25-17(24)21-10-4-5-14(21)16(23)20-13-8-6-12(7-9-13)11-15(19)22/h6-9,14H,4-5,10-11H2,1-3H3,(H2,19,22)(H,20,23)/t14-/m1/s1. The highest BCUT2D eigenvalue weighted by molar-refractivity contribution is 5.96. The Labute approximate surface area is 147 Å². The molecule has 2 rings (SSSR count). The van der Waals surface area contributed by atoms with Gasteiger partial charge in [0, 0.05) is 12.2 Å². The zero-order valence-electron chi connectivity index (χ0n) is 14.9. The summed E-state index contributed by atoms with van der Waals surface area (Å²) in [4.78, 5) is 37.2. The van der Waals surface area contributed by atoms with Gasteiger partial charge in [0.2, 0.25) is 11.8 Å². The summed E-state index contributed by atoms with van der Waals surface area (Å²) in [6.45, 7) is 5.89. The van der Waals surface area contributed by atoms with E-state index in [1.165, 1.54) is 4.90 Å². The minimum atomic E-state index is -0.600. The Morgan fingerprint density at radius 2 is 1.88 bits per heavy atom. The molecule has 1 aromatic rings. The summed E-state index contributed by atoms with van der Waals surface area (Å²) in [5.74, 6) is -0.651. The van der Waals surface area contributed by atoms with Gasteiger partial charge in [-0.3, -0.25) is 14.5 Å². The van der Waals surface area contributed by atoms with E-state index in [9.17, 15) is 14.4 Å². The Morgan fingerprint density at radius 1 is 1.24 bits per heavy atom. The number of nitrogens with zero attached hydrogens (tertiary/aromatic N) is 1. The van der Waals surface area contributed by atoms with Crippen LogP contribution in [0.3, 0.4) is 0 Å². The van der Waals surface area contributed by atoms with Crippen LogP contribution >= 0.6 is 0 Å². The summed E-state index contributed by atoms with van der Waals surface area (Å²) in [5.41, 5.74) is 5.94. The summed E-state index contributed by atoms with van der Waals surface area (Å²) >= 11 is 0. The number of amides is 3. The first-order chi connectivity index (χ1) is 11.7. The van der Waals surface area contributed by atoms with Gasteiger partial charge in [0.25, 0.3) is 0 Å². The third-order valence-electron chi connectivity index (χ3n) is 3.78. The number of hydrogen-bond acceptors (Lipinski definition) is 4. The van der Waals surface area contributed by atoms with E-state index in [-0.39, 0.29) is 12.3 Å². The summed E-state index contributed by atoms with van der Waals surface area (Å²) in [7, 11) is 0. The van der Waals surface area contributed by atoms with Crippen LogP contribution in [-0.4, -0.2) is 41.0 Å². The van der Waals surface area contributed by atoms with Gasteiger partial charge in [0.15, 0.2) is 0 Å². The van der Waals surface area contributed by atoms with Gasteiger partial charge in [-0.1, -0.05) is 12.1 Å². The molecular formula is C18H25N3O4. The van der Waals surface area contributed by atoms with Crippen LogP contribution in [0.2, 0.25) is 0 Å². The fourth-order valence-corrected chi connectivity index (χ4v) is 2.71. The molecule has 0 unspecified atom stereocenters. The molecule has 1 aromatic carbocycles. The van der Waals surface area contributed by atoms with Crippen molar-refractivity contribution in [2.24, 2.45) is 5.73 Å². The molecule has 0 saturated carbocycles. The second-order valence-electron chi connectivity index (χ2n) is 7.16. The normalized spacial score (nSPS) is 17.2. The van der Waals surface area contributed by atoms with Gasteiger partial charge in [-0.15, -0.1) is 0 Å². The fraction of sp³-hybridized carbons (Fsp3) is 0.500. The molecule has 1 aliphatic heterocycles. The van der Waals surface area contributed by atoms with E-state index in [0.29, 0.717) is 18.7 Å². The summed E-state index contributed by atoms with van der Waals surface area (Å²) < 4.78 is 5.37. The molecule has 1 atom stereocenters. The number of primary amides is 1. The van der Waals surface area contributed by atoms with Gasteiger partial charge >= 0.3 is 6.09 Å². The Morgan fingerprint density at radius 3 is 2.44 bits per heavy atom. The number of nitrogens with one attached hydrogen (secondary N) is 1. The topological polar surface area (TPSA) is 102 Å². The number of rotatable bonds is 4. The number of nitrogens with two attached hydrogens (primary N) is 1. The molecule has 1 saturated heterocycles. The number of anilines is 1. The van der Waals surface area contributed by atoms with E-state index in [1.54, 1.807) is 45.0 Å². The van der Waals surface area contributed by atoms with Crippen LogP contribution < -0.4 is 11.1 Å². The molecule has 1 heterocycles. The van der Waals surface area contributed by atoms with Gasteiger partial charge in [-0.25, -0.2) is 4.79 Å². The molecule has 1 fully saturated rings. The Hall–Kier alpha value is -2.57. The largest absolute Gasteiger partial charge is 0.444 e. The lowest BCUT2D eigenvalue weighted by Gasteiger charge is -2.28. The number of carbonyl (C=O) groups is 3. The van der Waals surface area contributed by atoms with Crippen LogP contribution in [0.5, 0.6) is 0 Å². The molecule has 136 valence electrons. The lowest BCUT2D eigenvalue weighted by Crippen LogP contribution is -2.45. The Kier molecular flexibility index (Phi) is 5.66. The third kappa shape index (κ3) is 5.48. The maximum Gasteiger partial charge on any atom is 0.410 e. The fourth-order valence-electron chi connectivity index (χ4n) is 2.71. The van der Waals surface area contributed by atoms with Crippen LogP contribution in [-0.2, 0) is 20.7 Å². The van der Waals surface area contributed by atoms with Crippen molar-refractivity contribution in [1.29, 1.82) is 0 Å². The van der Waals surface area contributed by atoms with Crippen molar-refractivity contribution in [2.45, 2.75) is 51.7 Å². The third-order valence-corrected chi connectivity index (χ3v) is 3.78. The number of ether oxygens (including phenoxy) is 1. The predicted molar refractivity (Wildman–Crippen MR) is 93.9 cm³/mol. The van der Waals surface area contributed by atoms with Gasteiger partial charge in [0.1, 0.15) is 11.6 Å². The highest BCUT2D eigenvalue weighted by atomic mass is 16.6. The number of benzene rings is 1. The van der Waals surface area contributed by atoms with E-state index < -0.39 is 23.6 Å². The molecule has 0 bridgehead atoms. The molecule has 0 aromatic heterocycles. The molecule has 3 amide bonds. The quantitative estimate of drug-likeness (QED) is 0.870. The molecule has 0 aliphatic carbocycles. The first kappa shape index (κ1) is 18.8. The predicted octanol–water partition coefficient (Wildman–Crippen LogP) is 2.05. The second-order valence-corrected chi connectivity index (χ2v) is 7.16. The highest BCUT2D eigenvalue weighted by Crippen LogP contribution is 2.22. The molecule has 1 aliphatic rings. The number of likely N-dealkylation sites (tertiary alicyclic amines) is 1. The monoisotopic (exact) mass is 347 g/mol. The average molecular weight is 347 g/mol. The van der Waals surface area contributed by atoms with Crippen molar-refractivity contribution in [3.8, 4) is 0 Å². The molecular weight excluding hydrogens is 322 g/mol. The first-order valence-electron chi connectivity index (χ1n) is 8.33. The van der Waals surface area contributed by atoms with Gasteiger partial charge in [0.05, 0.1) is 6.42 Å². The zero-order valence-corrected chi connectivity index (χ0v) is 14.9. The first-order valence-corrected chi connectivity index (χ1v) is 8.33. The van der Waals surface area contributed by atoms with Crippen LogP contribution in [0.4, 0.5) is 10.5 Å². The number of carbonyl (C=O) groups excluding carboxylic acids is 3. The molecule has 7 heteroatoms. The van der Waals surface area contributed by atoms with Crippen LogP contribution in [0.15, 0.2) is 24.3 Å². The lowest BCUT2D eigenvalue weighted by molar-refractivity contribution is -0.120. The van der Waals surface area contributed by atoms with Gasteiger partial charge < -0.3 is 15.8 Å². The van der Waals surface area contributed by atoms with Crippen LogP contribution in [0.25, 0.3) is 0 Å². The SMILES string of the molecule is CC(C)(C)OC(=O)N1CCC[C@@H]1C(=O)Nc1ccc(CC(N)=O)cc1. The smallest absolute Gasteiger partial charge is 0.410 e. The molecule has 3 N–H and O–H groups in total. The molecule has 0 spiro atoms. The van der Waals surface area contributed by atoms with Crippen LogP contribution in [0, 0.1) is 0 Å².